The fraction of sp³-hybridized carbons (Fsp3) is 0.684. The van der Waals surface area contributed by atoms with E-state index in [1.165, 1.54) is 37.0 Å². The molecule has 1 N–H and O–H groups in total. The number of fused-ring (bicyclic) bond motifs is 1. The van der Waals surface area contributed by atoms with Crippen LogP contribution in [0.15, 0.2) is 11.6 Å². The second-order valence-corrected chi connectivity index (χ2v) is 7.15. The van der Waals surface area contributed by atoms with Gasteiger partial charge in [0.1, 0.15) is 5.82 Å². The lowest BCUT2D eigenvalue weighted by Crippen LogP contribution is -2.48. The fourth-order valence-electron chi connectivity index (χ4n) is 3.75. The van der Waals surface area contributed by atoms with E-state index in [-0.39, 0.29) is 11.9 Å². The van der Waals surface area contributed by atoms with Gasteiger partial charge >= 0.3 is 0 Å². The zero-order chi connectivity index (χ0) is 17.1. The van der Waals surface area contributed by atoms with E-state index in [4.69, 9.17) is 0 Å². The van der Waals surface area contributed by atoms with Gasteiger partial charge < -0.3 is 9.88 Å². The van der Waals surface area contributed by atoms with Crippen molar-refractivity contribution in [3.8, 4) is 0 Å². The van der Waals surface area contributed by atoms with Gasteiger partial charge in [0, 0.05) is 25.3 Å². The standard InChI is InChI=1S/C19H30N4O/c1-14-15(2)23-12-11-22(13-18(23)21-14)16(3)19(24)20-10-9-17-7-5-4-6-8-17/h7,16H,4-6,8-13H2,1-3H3,(H,20,24)/t16-/m1/s1. The maximum absolute atomic E-state index is 12.5. The minimum atomic E-state index is -0.101. The smallest absolute Gasteiger partial charge is 0.237 e. The van der Waals surface area contributed by atoms with Crippen molar-refractivity contribution in [1.29, 1.82) is 0 Å². The van der Waals surface area contributed by atoms with Gasteiger partial charge in [-0.05, 0) is 52.9 Å². The van der Waals surface area contributed by atoms with E-state index in [2.05, 4.69) is 39.7 Å². The van der Waals surface area contributed by atoms with Gasteiger partial charge in [-0.2, -0.15) is 0 Å². The average Bonchev–Trinajstić information content (AvgIpc) is 2.89. The lowest BCUT2D eigenvalue weighted by atomic mass is 9.97. The number of hydrogen-bond acceptors (Lipinski definition) is 3. The molecule has 0 saturated heterocycles. The summed E-state index contributed by atoms with van der Waals surface area (Å²) in [6.45, 7) is 9.53. The summed E-state index contributed by atoms with van der Waals surface area (Å²) in [6, 6.07) is -0.101. The largest absolute Gasteiger partial charge is 0.354 e. The summed E-state index contributed by atoms with van der Waals surface area (Å²) in [6.07, 6.45) is 8.39. The number of allylic oxidation sites excluding steroid dienone is 1. The Kier molecular flexibility index (Phi) is 5.39. The van der Waals surface area contributed by atoms with E-state index < -0.39 is 0 Å². The summed E-state index contributed by atoms with van der Waals surface area (Å²) in [5.41, 5.74) is 3.87. The Bertz CT molecular complexity index is 632. The third-order valence-electron chi connectivity index (χ3n) is 5.55. The Morgan fingerprint density at radius 3 is 2.92 bits per heavy atom. The number of aryl methyl sites for hydroxylation is 1. The average molecular weight is 330 g/mol. The summed E-state index contributed by atoms with van der Waals surface area (Å²) < 4.78 is 2.28. The first-order chi connectivity index (χ1) is 11.6. The molecular weight excluding hydrogens is 300 g/mol. The fourth-order valence-corrected chi connectivity index (χ4v) is 3.75. The molecular formula is C19H30N4O. The molecule has 2 aliphatic rings. The van der Waals surface area contributed by atoms with Crippen LogP contribution in [-0.2, 0) is 17.9 Å². The SMILES string of the molecule is Cc1nc2n(c1C)CCN([C@H](C)C(=O)NCCC1=CCCCC1)C2. The molecule has 0 saturated carbocycles. The maximum Gasteiger partial charge on any atom is 0.237 e. The van der Waals surface area contributed by atoms with Crippen molar-refractivity contribution in [3.05, 3.63) is 28.9 Å². The van der Waals surface area contributed by atoms with Crippen molar-refractivity contribution < 1.29 is 4.79 Å². The minimum Gasteiger partial charge on any atom is -0.354 e. The lowest BCUT2D eigenvalue weighted by Gasteiger charge is -2.32. The molecule has 1 amide bonds. The molecule has 1 aliphatic carbocycles. The van der Waals surface area contributed by atoms with Crippen molar-refractivity contribution in [1.82, 2.24) is 19.8 Å². The molecule has 1 aromatic heterocycles. The molecule has 1 aromatic rings. The normalized spacial score (nSPS) is 19.5. The van der Waals surface area contributed by atoms with Gasteiger partial charge in [0.15, 0.2) is 0 Å². The van der Waals surface area contributed by atoms with Crippen LogP contribution >= 0.6 is 0 Å². The van der Waals surface area contributed by atoms with Gasteiger partial charge in [0.2, 0.25) is 5.91 Å². The van der Waals surface area contributed by atoms with Crippen LogP contribution in [0.5, 0.6) is 0 Å². The number of carbonyl (C=O) groups excluding carboxylic acids is 1. The predicted molar refractivity (Wildman–Crippen MR) is 95.8 cm³/mol. The molecule has 0 bridgehead atoms. The Morgan fingerprint density at radius 1 is 1.33 bits per heavy atom. The molecule has 3 rings (SSSR count). The molecule has 1 atom stereocenters. The maximum atomic E-state index is 12.5. The zero-order valence-electron chi connectivity index (χ0n) is 15.3. The first-order valence-electron chi connectivity index (χ1n) is 9.28. The van der Waals surface area contributed by atoms with Crippen LogP contribution in [0.1, 0.15) is 56.2 Å². The van der Waals surface area contributed by atoms with Crippen molar-refractivity contribution in [2.75, 3.05) is 13.1 Å². The number of aromatic nitrogens is 2. The Labute approximate surface area is 145 Å². The van der Waals surface area contributed by atoms with E-state index in [9.17, 15) is 4.79 Å². The zero-order valence-corrected chi connectivity index (χ0v) is 15.3. The molecule has 5 nitrogen and oxygen atoms in total. The number of carbonyl (C=O) groups is 1. The van der Waals surface area contributed by atoms with E-state index >= 15 is 0 Å². The summed E-state index contributed by atoms with van der Waals surface area (Å²) >= 11 is 0. The molecule has 132 valence electrons. The Morgan fingerprint density at radius 2 is 2.17 bits per heavy atom. The molecule has 1 aliphatic heterocycles. The van der Waals surface area contributed by atoms with Crippen molar-refractivity contribution in [2.45, 2.75) is 72.0 Å². The molecule has 0 radical (unpaired) electrons. The van der Waals surface area contributed by atoms with Gasteiger partial charge in [0.25, 0.3) is 0 Å². The van der Waals surface area contributed by atoms with Crippen LogP contribution < -0.4 is 5.32 Å². The number of nitrogens with zero attached hydrogens (tertiary/aromatic N) is 3. The molecule has 5 heteroatoms. The molecule has 0 spiro atoms. The highest BCUT2D eigenvalue weighted by atomic mass is 16.2. The molecule has 0 unspecified atom stereocenters. The third-order valence-corrected chi connectivity index (χ3v) is 5.55. The first-order valence-corrected chi connectivity index (χ1v) is 9.28. The summed E-state index contributed by atoms with van der Waals surface area (Å²) in [7, 11) is 0. The predicted octanol–water partition coefficient (Wildman–Crippen LogP) is 2.71. The van der Waals surface area contributed by atoms with Gasteiger partial charge in [-0.15, -0.1) is 0 Å². The van der Waals surface area contributed by atoms with Gasteiger partial charge in [-0.25, -0.2) is 4.98 Å². The Balaban J connectivity index is 1.50. The van der Waals surface area contributed by atoms with Crippen LogP contribution in [0.4, 0.5) is 0 Å². The highest BCUT2D eigenvalue weighted by molar-refractivity contribution is 5.81. The third kappa shape index (κ3) is 3.72. The van der Waals surface area contributed by atoms with Crippen LogP contribution in [-0.4, -0.2) is 39.5 Å². The van der Waals surface area contributed by atoms with Crippen LogP contribution in [0.3, 0.4) is 0 Å². The lowest BCUT2D eigenvalue weighted by molar-refractivity contribution is -0.126. The highest BCUT2D eigenvalue weighted by Crippen LogP contribution is 2.20. The number of rotatable bonds is 5. The second-order valence-electron chi connectivity index (χ2n) is 7.15. The van der Waals surface area contributed by atoms with E-state index in [0.29, 0.717) is 0 Å². The molecule has 2 heterocycles. The summed E-state index contributed by atoms with van der Waals surface area (Å²) in [5, 5.41) is 3.12. The molecule has 0 fully saturated rings. The highest BCUT2D eigenvalue weighted by Gasteiger charge is 2.27. The molecule has 24 heavy (non-hydrogen) atoms. The van der Waals surface area contributed by atoms with Crippen molar-refractivity contribution in [3.63, 3.8) is 0 Å². The number of imidazole rings is 1. The van der Waals surface area contributed by atoms with Crippen molar-refractivity contribution >= 4 is 5.91 Å². The van der Waals surface area contributed by atoms with Crippen LogP contribution in [0, 0.1) is 13.8 Å². The van der Waals surface area contributed by atoms with Gasteiger partial charge in [-0.3, -0.25) is 9.69 Å². The topological polar surface area (TPSA) is 50.2 Å². The van der Waals surface area contributed by atoms with E-state index in [1.807, 2.05) is 6.92 Å². The molecule has 0 aromatic carbocycles. The number of nitrogens with one attached hydrogen (secondary N) is 1. The summed E-state index contributed by atoms with van der Waals surface area (Å²) in [5.74, 6) is 1.23. The van der Waals surface area contributed by atoms with E-state index in [1.54, 1.807) is 0 Å². The quantitative estimate of drug-likeness (QED) is 0.845. The van der Waals surface area contributed by atoms with Crippen molar-refractivity contribution in [2.24, 2.45) is 0 Å². The Hall–Kier alpha value is -1.62. The second kappa shape index (κ2) is 7.51. The van der Waals surface area contributed by atoms with Crippen LogP contribution in [0.2, 0.25) is 0 Å². The van der Waals surface area contributed by atoms with E-state index in [0.717, 1.165) is 44.1 Å². The van der Waals surface area contributed by atoms with Crippen LogP contribution in [0.25, 0.3) is 0 Å². The first kappa shape index (κ1) is 17.2. The van der Waals surface area contributed by atoms with Gasteiger partial charge in [0.05, 0.1) is 18.3 Å². The number of amides is 1. The summed E-state index contributed by atoms with van der Waals surface area (Å²) in [4.78, 5) is 19.3. The minimum absolute atomic E-state index is 0.101. The van der Waals surface area contributed by atoms with Gasteiger partial charge in [-0.1, -0.05) is 11.6 Å². The number of hydrogen-bond donors (Lipinski definition) is 1. The monoisotopic (exact) mass is 330 g/mol.